The molecule has 1 aromatic heterocycles. The SMILES string of the molecule is CN1C(=O)C(C)(CC(F)(F)Sc2ccccc2)c2c(Cl)ccc3oc(=O)cc1c23. The molecule has 29 heavy (non-hydrogen) atoms. The van der Waals surface area contributed by atoms with Gasteiger partial charge in [-0.15, -0.1) is 0 Å². The fourth-order valence-electron chi connectivity index (χ4n) is 3.88. The van der Waals surface area contributed by atoms with E-state index in [1.165, 1.54) is 37.1 Å². The third-order valence-corrected chi connectivity index (χ3v) is 6.36. The maximum absolute atomic E-state index is 15.1. The lowest BCUT2D eigenvalue weighted by molar-refractivity contribution is -0.125. The Morgan fingerprint density at radius 1 is 1.17 bits per heavy atom. The topological polar surface area (TPSA) is 50.5 Å². The van der Waals surface area contributed by atoms with Gasteiger partial charge in [0.15, 0.2) is 0 Å². The van der Waals surface area contributed by atoms with Crippen LogP contribution in [0.15, 0.2) is 62.6 Å². The van der Waals surface area contributed by atoms with Crippen LogP contribution >= 0.6 is 23.4 Å². The molecule has 1 aliphatic heterocycles. The van der Waals surface area contributed by atoms with Gasteiger partial charge in [-0.1, -0.05) is 41.6 Å². The van der Waals surface area contributed by atoms with Crippen molar-refractivity contribution in [2.75, 3.05) is 11.9 Å². The van der Waals surface area contributed by atoms with Gasteiger partial charge in [0, 0.05) is 34.8 Å². The maximum atomic E-state index is 15.1. The summed E-state index contributed by atoms with van der Waals surface area (Å²) in [6.45, 7) is 1.46. The molecule has 0 radical (unpaired) electrons. The van der Waals surface area contributed by atoms with E-state index < -0.39 is 28.6 Å². The molecule has 0 fully saturated rings. The van der Waals surface area contributed by atoms with Crippen LogP contribution in [0.5, 0.6) is 0 Å². The number of benzene rings is 2. The number of rotatable bonds is 4. The third kappa shape index (κ3) is 3.32. The lowest BCUT2D eigenvalue weighted by Crippen LogP contribution is -2.49. The van der Waals surface area contributed by atoms with Gasteiger partial charge in [0.1, 0.15) is 5.58 Å². The quantitative estimate of drug-likeness (QED) is 0.403. The fraction of sp³-hybridized carbons (Fsp3) is 0.238. The van der Waals surface area contributed by atoms with Crippen LogP contribution in [0.1, 0.15) is 18.9 Å². The van der Waals surface area contributed by atoms with Gasteiger partial charge in [-0.25, -0.2) is 4.79 Å². The average molecular weight is 436 g/mol. The van der Waals surface area contributed by atoms with Crippen LogP contribution in [0.2, 0.25) is 5.02 Å². The van der Waals surface area contributed by atoms with Crippen molar-refractivity contribution in [3.63, 3.8) is 0 Å². The summed E-state index contributed by atoms with van der Waals surface area (Å²) in [4.78, 5) is 26.7. The Balaban J connectivity index is 1.87. The summed E-state index contributed by atoms with van der Waals surface area (Å²) < 4.78 is 35.4. The standard InChI is InChI=1S/C21H16ClF2NO3S/c1-20(11-21(23,24)29-12-6-4-3-5-7-12)18-13(22)8-9-15-17(18)14(10-16(26)28-15)25(2)19(20)27/h3-10H,11H2,1-2H3. The molecule has 0 bridgehead atoms. The summed E-state index contributed by atoms with van der Waals surface area (Å²) in [6, 6.07) is 12.4. The minimum atomic E-state index is -3.24. The van der Waals surface area contributed by atoms with Crippen LogP contribution in [0, 0.1) is 0 Å². The lowest BCUT2D eigenvalue weighted by Gasteiger charge is -2.40. The van der Waals surface area contributed by atoms with E-state index >= 15 is 8.78 Å². The minimum Gasteiger partial charge on any atom is -0.423 e. The van der Waals surface area contributed by atoms with Crippen molar-refractivity contribution in [3.8, 4) is 0 Å². The highest BCUT2D eigenvalue weighted by atomic mass is 35.5. The van der Waals surface area contributed by atoms with E-state index in [9.17, 15) is 9.59 Å². The Bertz CT molecular complexity index is 1180. The number of thioether (sulfide) groups is 1. The second-order valence-corrected chi connectivity index (χ2v) is 8.85. The molecule has 2 aromatic carbocycles. The van der Waals surface area contributed by atoms with E-state index in [-0.39, 0.29) is 16.2 Å². The molecule has 0 aliphatic carbocycles. The van der Waals surface area contributed by atoms with Gasteiger partial charge < -0.3 is 9.32 Å². The third-order valence-electron chi connectivity index (χ3n) is 5.10. The number of anilines is 1. The normalized spacial score (nSPS) is 19.1. The first-order chi connectivity index (χ1) is 13.6. The van der Waals surface area contributed by atoms with Crippen molar-refractivity contribution in [3.05, 3.63) is 69.5 Å². The maximum Gasteiger partial charge on any atom is 0.338 e. The molecule has 8 heteroatoms. The van der Waals surface area contributed by atoms with E-state index in [0.29, 0.717) is 27.7 Å². The van der Waals surface area contributed by atoms with E-state index in [4.69, 9.17) is 16.0 Å². The van der Waals surface area contributed by atoms with E-state index in [1.807, 2.05) is 0 Å². The number of halogens is 3. The number of hydrogen-bond donors (Lipinski definition) is 0. The first-order valence-electron chi connectivity index (χ1n) is 8.79. The number of carbonyl (C=O) groups is 1. The van der Waals surface area contributed by atoms with Crippen molar-refractivity contribution >= 4 is 45.9 Å². The van der Waals surface area contributed by atoms with Gasteiger partial charge >= 0.3 is 5.63 Å². The molecule has 2 heterocycles. The molecule has 150 valence electrons. The Morgan fingerprint density at radius 3 is 2.55 bits per heavy atom. The fourth-order valence-corrected chi connectivity index (χ4v) is 5.25. The largest absolute Gasteiger partial charge is 0.423 e. The van der Waals surface area contributed by atoms with Crippen molar-refractivity contribution < 1.29 is 18.0 Å². The molecule has 0 spiro atoms. The zero-order chi connectivity index (χ0) is 21.0. The highest BCUT2D eigenvalue weighted by Crippen LogP contribution is 2.52. The van der Waals surface area contributed by atoms with Crippen LogP contribution < -0.4 is 10.5 Å². The number of hydrogen-bond acceptors (Lipinski definition) is 4. The van der Waals surface area contributed by atoms with Crippen LogP contribution in [0.3, 0.4) is 0 Å². The van der Waals surface area contributed by atoms with Crippen molar-refractivity contribution in [2.24, 2.45) is 0 Å². The number of alkyl halides is 2. The molecule has 0 saturated carbocycles. The first kappa shape index (κ1) is 19.9. The summed E-state index contributed by atoms with van der Waals surface area (Å²) in [6.07, 6.45) is -0.764. The Kier molecular flexibility index (Phi) is 4.70. The highest BCUT2D eigenvalue weighted by molar-refractivity contribution is 8.00. The van der Waals surface area contributed by atoms with Crippen molar-refractivity contribution in [2.45, 2.75) is 28.9 Å². The van der Waals surface area contributed by atoms with Gasteiger partial charge in [0.2, 0.25) is 5.91 Å². The predicted molar refractivity (Wildman–Crippen MR) is 110 cm³/mol. The molecule has 1 amide bonds. The van der Waals surface area contributed by atoms with Gasteiger partial charge in [-0.2, -0.15) is 8.78 Å². The molecule has 4 nitrogen and oxygen atoms in total. The smallest absolute Gasteiger partial charge is 0.338 e. The van der Waals surface area contributed by atoms with Gasteiger partial charge in [-0.05, 0) is 36.8 Å². The lowest BCUT2D eigenvalue weighted by atomic mass is 9.74. The summed E-state index contributed by atoms with van der Waals surface area (Å²) in [5.74, 6) is -0.557. The van der Waals surface area contributed by atoms with Gasteiger partial charge in [0.05, 0.1) is 11.1 Å². The Labute approximate surface area is 174 Å². The summed E-state index contributed by atoms with van der Waals surface area (Å²) >= 11 is 6.79. The number of carbonyl (C=O) groups excluding carboxylic acids is 1. The van der Waals surface area contributed by atoms with Crippen LogP contribution in [0.25, 0.3) is 11.0 Å². The minimum absolute atomic E-state index is 0.178. The summed E-state index contributed by atoms with van der Waals surface area (Å²) in [7, 11) is 1.46. The zero-order valence-corrected chi connectivity index (χ0v) is 17.1. The Morgan fingerprint density at radius 2 is 1.86 bits per heavy atom. The van der Waals surface area contributed by atoms with Gasteiger partial charge in [-0.3, -0.25) is 4.79 Å². The molecule has 1 aliphatic rings. The molecular weight excluding hydrogens is 420 g/mol. The average Bonchev–Trinajstić information content (AvgIpc) is 2.65. The van der Waals surface area contributed by atoms with E-state index in [2.05, 4.69) is 0 Å². The molecule has 0 N–H and O–H groups in total. The molecule has 1 atom stereocenters. The van der Waals surface area contributed by atoms with Crippen molar-refractivity contribution in [1.82, 2.24) is 0 Å². The highest BCUT2D eigenvalue weighted by Gasteiger charge is 2.51. The van der Waals surface area contributed by atoms with E-state index in [0.717, 1.165) is 0 Å². The van der Waals surface area contributed by atoms with Crippen LogP contribution in [-0.4, -0.2) is 18.2 Å². The predicted octanol–water partition coefficient (Wildman–Crippen LogP) is 5.46. The molecule has 3 aromatic rings. The molecular formula is C21H16ClF2NO3S. The number of likely N-dealkylation sites (N-methyl/N-ethyl adjacent to an activating group) is 1. The van der Waals surface area contributed by atoms with Crippen molar-refractivity contribution in [1.29, 1.82) is 0 Å². The monoisotopic (exact) mass is 435 g/mol. The zero-order valence-electron chi connectivity index (χ0n) is 15.5. The van der Waals surface area contributed by atoms with Gasteiger partial charge in [0.25, 0.3) is 5.25 Å². The Hall–Kier alpha value is -2.38. The number of nitrogens with zero attached hydrogens (tertiary/aromatic N) is 1. The number of amides is 1. The molecule has 0 saturated heterocycles. The second kappa shape index (κ2) is 6.85. The van der Waals surface area contributed by atoms with Crippen LogP contribution in [0.4, 0.5) is 14.5 Å². The summed E-state index contributed by atoms with van der Waals surface area (Å²) in [5.41, 5.74) is -1.48. The second-order valence-electron chi connectivity index (χ2n) is 7.17. The summed E-state index contributed by atoms with van der Waals surface area (Å²) in [5, 5.41) is -2.66. The molecule has 4 rings (SSSR count). The first-order valence-corrected chi connectivity index (χ1v) is 9.99. The van der Waals surface area contributed by atoms with E-state index in [1.54, 1.807) is 30.3 Å². The molecule has 1 unspecified atom stereocenters. The van der Waals surface area contributed by atoms with Crippen LogP contribution in [-0.2, 0) is 10.2 Å².